The first-order chi connectivity index (χ1) is 12.4. The van der Waals surface area contributed by atoms with Crippen molar-refractivity contribution in [2.24, 2.45) is 0 Å². The third kappa shape index (κ3) is 3.64. The van der Waals surface area contributed by atoms with Crippen LogP contribution in [0.15, 0.2) is 24.3 Å². The summed E-state index contributed by atoms with van der Waals surface area (Å²) < 4.78 is 2.15. The minimum atomic E-state index is -0.186. The molecule has 1 saturated heterocycles. The molecule has 1 fully saturated rings. The number of aryl methyl sites for hydroxylation is 2. The second-order valence-electron chi connectivity index (χ2n) is 7.02. The number of imidazole rings is 1. The number of likely N-dealkylation sites (tertiary alicyclic amines) is 1. The molecule has 6 nitrogen and oxygen atoms in total. The third-order valence-corrected chi connectivity index (χ3v) is 5.13. The van der Waals surface area contributed by atoms with E-state index in [1.807, 2.05) is 49.9 Å². The molecule has 2 heterocycles. The molecule has 26 heavy (non-hydrogen) atoms. The van der Waals surface area contributed by atoms with Crippen LogP contribution >= 0.6 is 0 Å². The fraction of sp³-hybridized carbons (Fsp3) is 0.450. The summed E-state index contributed by atoms with van der Waals surface area (Å²) in [5, 5.41) is 2.92. The molecule has 1 aromatic carbocycles. The highest BCUT2D eigenvalue weighted by Crippen LogP contribution is 2.27. The lowest BCUT2D eigenvalue weighted by molar-refractivity contribution is -0.130. The molecular weight excluding hydrogens is 328 g/mol. The van der Waals surface area contributed by atoms with Crippen molar-refractivity contribution < 1.29 is 9.59 Å². The van der Waals surface area contributed by atoms with Gasteiger partial charge in [-0.25, -0.2) is 4.98 Å². The smallest absolute Gasteiger partial charge is 0.276 e. The Bertz CT molecular complexity index is 815. The lowest BCUT2D eigenvalue weighted by Gasteiger charge is -2.33. The standard InChI is InChI=1S/C20H26N4O2/c1-13-5-7-17(8-6-13)22-20(26)19-14(2)24(15(3)21-19)18-9-11-23(12-10-18)16(4)25/h5-8,18H,9-12H2,1-4H3,(H,22,26). The Morgan fingerprint density at radius 3 is 2.27 bits per heavy atom. The van der Waals surface area contributed by atoms with Crippen LogP contribution in [-0.4, -0.2) is 39.4 Å². The Morgan fingerprint density at radius 2 is 1.69 bits per heavy atom. The van der Waals surface area contributed by atoms with E-state index in [0.29, 0.717) is 5.69 Å². The monoisotopic (exact) mass is 354 g/mol. The van der Waals surface area contributed by atoms with Gasteiger partial charge in [0.05, 0.1) is 0 Å². The number of rotatable bonds is 3. The summed E-state index contributed by atoms with van der Waals surface area (Å²) in [7, 11) is 0. The van der Waals surface area contributed by atoms with Gasteiger partial charge in [0.2, 0.25) is 5.91 Å². The Morgan fingerprint density at radius 1 is 1.08 bits per heavy atom. The average Bonchev–Trinajstić information content (AvgIpc) is 2.91. The number of amides is 2. The van der Waals surface area contributed by atoms with Crippen LogP contribution in [0.5, 0.6) is 0 Å². The Kier molecular flexibility index (Phi) is 5.11. The molecule has 0 aliphatic carbocycles. The number of nitrogens with zero attached hydrogens (tertiary/aromatic N) is 3. The number of hydrogen-bond acceptors (Lipinski definition) is 3. The van der Waals surface area contributed by atoms with E-state index in [0.717, 1.165) is 48.7 Å². The van der Waals surface area contributed by atoms with Crippen molar-refractivity contribution in [2.45, 2.75) is 46.6 Å². The normalized spacial score (nSPS) is 15.2. The first kappa shape index (κ1) is 18.2. The molecule has 1 aliphatic rings. The highest BCUT2D eigenvalue weighted by molar-refractivity contribution is 6.03. The average molecular weight is 354 g/mol. The summed E-state index contributed by atoms with van der Waals surface area (Å²) in [5.74, 6) is 0.785. The molecule has 0 saturated carbocycles. The number of carbonyl (C=O) groups is 2. The first-order valence-electron chi connectivity index (χ1n) is 9.05. The molecule has 0 spiro atoms. The second kappa shape index (κ2) is 7.32. The lowest BCUT2D eigenvalue weighted by atomic mass is 10.0. The molecule has 2 aromatic rings. The van der Waals surface area contributed by atoms with Gasteiger partial charge in [0, 0.05) is 37.4 Å². The first-order valence-corrected chi connectivity index (χ1v) is 9.05. The van der Waals surface area contributed by atoms with E-state index in [1.165, 1.54) is 0 Å². The van der Waals surface area contributed by atoms with Crippen LogP contribution in [0, 0.1) is 20.8 Å². The number of benzene rings is 1. The molecule has 0 unspecified atom stereocenters. The van der Waals surface area contributed by atoms with E-state index in [-0.39, 0.29) is 17.9 Å². The van der Waals surface area contributed by atoms with Gasteiger partial charge < -0.3 is 14.8 Å². The van der Waals surface area contributed by atoms with Gasteiger partial charge in [0.1, 0.15) is 11.5 Å². The van der Waals surface area contributed by atoms with Gasteiger partial charge >= 0.3 is 0 Å². The van der Waals surface area contributed by atoms with Crippen LogP contribution < -0.4 is 5.32 Å². The maximum atomic E-state index is 12.7. The topological polar surface area (TPSA) is 67.2 Å². The number of nitrogens with one attached hydrogen (secondary N) is 1. The Hall–Kier alpha value is -2.63. The van der Waals surface area contributed by atoms with Gasteiger partial charge in [-0.3, -0.25) is 9.59 Å². The summed E-state index contributed by atoms with van der Waals surface area (Å²) in [6.45, 7) is 9.01. The van der Waals surface area contributed by atoms with Gasteiger partial charge in [0.15, 0.2) is 0 Å². The summed E-state index contributed by atoms with van der Waals surface area (Å²) in [5.41, 5.74) is 3.27. The molecule has 2 amide bonds. The third-order valence-electron chi connectivity index (χ3n) is 5.13. The predicted molar refractivity (Wildman–Crippen MR) is 101 cm³/mol. The van der Waals surface area contributed by atoms with E-state index in [2.05, 4.69) is 14.9 Å². The lowest BCUT2D eigenvalue weighted by Crippen LogP contribution is -2.38. The zero-order chi connectivity index (χ0) is 18.8. The van der Waals surface area contributed by atoms with E-state index in [9.17, 15) is 9.59 Å². The molecule has 0 atom stereocenters. The SMILES string of the molecule is CC(=O)N1CCC(n2c(C)nc(C(=O)Nc3ccc(C)cc3)c2C)CC1. The molecule has 138 valence electrons. The highest BCUT2D eigenvalue weighted by atomic mass is 16.2. The molecule has 0 radical (unpaired) electrons. The summed E-state index contributed by atoms with van der Waals surface area (Å²) in [4.78, 5) is 30.6. The second-order valence-corrected chi connectivity index (χ2v) is 7.02. The van der Waals surface area contributed by atoms with Crippen molar-refractivity contribution >= 4 is 17.5 Å². The van der Waals surface area contributed by atoms with Crippen LogP contribution in [-0.2, 0) is 4.79 Å². The van der Waals surface area contributed by atoms with Crippen LogP contribution in [0.25, 0.3) is 0 Å². The van der Waals surface area contributed by atoms with Gasteiger partial charge in [-0.1, -0.05) is 17.7 Å². The van der Waals surface area contributed by atoms with Crippen molar-refractivity contribution in [3.8, 4) is 0 Å². The summed E-state index contributed by atoms with van der Waals surface area (Å²) in [6.07, 6.45) is 1.77. The number of carbonyl (C=O) groups excluding carboxylic acids is 2. The van der Waals surface area contributed by atoms with Crippen molar-refractivity contribution in [3.05, 3.63) is 47.0 Å². The molecule has 3 rings (SSSR count). The molecule has 1 aliphatic heterocycles. The maximum absolute atomic E-state index is 12.7. The highest BCUT2D eigenvalue weighted by Gasteiger charge is 2.27. The van der Waals surface area contributed by atoms with Gasteiger partial charge in [-0.15, -0.1) is 0 Å². The Labute approximate surface area is 154 Å². The molecule has 1 aromatic heterocycles. The van der Waals surface area contributed by atoms with Gasteiger partial charge in [0.25, 0.3) is 5.91 Å². The van der Waals surface area contributed by atoms with Gasteiger partial charge in [-0.2, -0.15) is 0 Å². The number of anilines is 1. The maximum Gasteiger partial charge on any atom is 0.276 e. The van der Waals surface area contributed by atoms with Crippen molar-refractivity contribution in [1.29, 1.82) is 0 Å². The zero-order valence-corrected chi connectivity index (χ0v) is 15.9. The number of hydrogen-bond donors (Lipinski definition) is 1. The van der Waals surface area contributed by atoms with E-state index in [1.54, 1.807) is 6.92 Å². The number of aromatic nitrogens is 2. The van der Waals surface area contributed by atoms with Crippen molar-refractivity contribution in [3.63, 3.8) is 0 Å². The summed E-state index contributed by atoms with van der Waals surface area (Å²) >= 11 is 0. The van der Waals surface area contributed by atoms with Crippen LogP contribution in [0.3, 0.4) is 0 Å². The largest absolute Gasteiger partial charge is 0.343 e. The van der Waals surface area contributed by atoms with Crippen LogP contribution in [0.2, 0.25) is 0 Å². The number of piperidine rings is 1. The quantitative estimate of drug-likeness (QED) is 0.920. The van der Waals surface area contributed by atoms with E-state index >= 15 is 0 Å². The van der Waals surface area contributed by atoms with Crippen molar-refractivity contribution in [1.82, 2.24) is 14.5 Å². The van der Waals surface area contributed by atoms with Crippen LogP contribution in [0.4, 0.5) is 5.69 Å². The fourth-order valence-corrected chi connectivity index (χ4v) is 3.67. The molecule has 1 N–H and O–H groups in total. The molecular formula is C20H26N4O2. The summed E-state index contributed by atoms with van der Waals surface area (Å²) in [6, 6.07) is 8.00. The minimum absolute atomic E-state index is 0.126. The van der Waals surface area contributed by atoms with E-state index < -0.39 is 0 Å². The predicted octanol–water partition coefficient (Wildman–Crippen LogP) is 3.24. The minimum Gasteiger partial charge on any atom is -0.343 e. The van der Waals surface area contributed by atoms with Gasteiger partial charge in [-0.05, 0) is 45.7 Å². The Balaban J connectivity index is 1.76. The van der Waals surface area contributed by atoms with Crippen LogP contribution in [0.1, 0.15) is 53.4 Å². The molecule has 6 heteroatoms. The fourth-order valence-electron chi connectivity index (χ4n) is 3.67. The van der Waals surface area contributed by atoms with E-state index in [4.69, 9.17) is 0 Å². The zero-order valence-electron chi connectivity index (χ0n) is 15.9. The van der Waals surface area contributed by atoms with Crippen molar-refractivity contribution in [2.75, 3.05) is 18.4 Å². The molecule has 0 bridgehead atoms.